The van der Waals surface area contributed by atoms with Crippen LogP contribution in [0.3, 0.4) is 0 Å². The quantitative estimate of drug-likeness (QED) is 0.283. The first-order chi connectivity index (χ1) is 18.4. The van der Waals surface area contributed by atoms with E-state index in [9.17, 15) is 17.6 Å². The van der Waals surface area contributed by atoms with Gasteiger partial charge in [0.05, 0.1) is 23.5 Å². The zero-order valence-electron chi connectivity index (χ0n) is 20.1. The average Bonchev–Trinajstić information content (AvgIpc) is 3.43. The first-order valence-electron chi connectivity index (χ1n) is 12.2. The number of piperidine rings is 1. The number of nitrogens with zero attached hydrogens (tertiary/aromatic N) is 5. The molecule has 1 aliphatic heterocycles. The lowest BCUT2D eigenvalue weighted by Gasteiger charge is -2.22. The minimum absolute atomic E-state index is 0.0546. The molecule has 5 heterocycles. The van der Waals surface area contributed by atoms with Crippen LogP contribution in [0.1, 0.15) is 24.4 Å². The Labute approximate surface area is 215 Å². The van der Waals surface area contributed by atoms with Crippen molar-refractivity contribution < 1.29 is 17.6 Å². The summed E-state index contributed by atoms with van der Waals surface area (Å²) < 4.78 is 56.9. The van der Waals surface area contributed by atoms with Crippen molar-refractivity contribution in [3.05, 3.63) is 84.8 Å². The fourth-order valence-corrected chi connectivity index (χ4v) is 4.83. The molecule has 1 aromatic carbocycles. The van der Waals surface area contributed by atoms with Gasteiger partial charge in [-0.2, -0.15) is 18.3 Å². The van der Waals surface area contributed by atoms with Gasteiger partial charge in [-0.1, -0.05) is 0 Å². The molecule has 0 unspecified atom stereocenters. The van der Waals surface area contributed by atoms with Crippen LogP contribution in [0.2, 0.25) is 0 Å². The molecule has 0 spiro atoms. The summed E-state index contributed by atoms with van der Waals surface area (Å²) in [6, 6.07) is 9.73. The van der Waals surface area contributed by atoms with Crippen molar-refractivity contribution in [3.8, 4) is 33.5 Å². The van der Waals surface area contributed by atoms with Gasteiger partial charge in [0.25, 0.3) is 0 Å². The van der Waals surface area contributed by atoms with E-state index in [1.54, 1.807) is 30.7 Å². The van der Waals surface area contributed by atoms with Gasteiger partial charge in [0.1, 0.15) is 5.82 Å². The van der Waals surface area contributed by atoms with E-state index in [0.29, 0.717) is 28.2 Å². The van der Waals surface area contributed by atoms with E-state index >= 15 is 0 Å². The second-order valence-corrected chi connectivity index (χ2v) is 9.27. The maximum Gasteiger partial charge on any atom is 0.416 e. The van der Waals surface area contributed by atoms with Crippen molar-refractivity contribution in [1.82, 2.24) is 30.0 Å². The van der Waals surface area contributed by atoms with E-state index in [2.05, 4.69) is 25.4 Å². The number of fused-ring (bicyclic) bond motifs is 1. The maximum atomic E-state index is 14.8. The van der Waals surface area contributed by atoms with E-state index in [-0.39, 0.29) is 11.3 Å². The number of pyridine rings is 3. The molecule has 1 aliphatic rings. The Morgan fingerprint density at radius 1 is 0.895 bits per heavy atom. The Balaban J connectivity index is 1.45. The van der Waals surface area contributed by atoms with Crippen molar-refractivity contribution in [3.63, 3.8) is 0 Å². The predicted molar refractivity (Wildman–Crippen MR) is 136 cm³/mol. The smallest absolute Gasteiger partial charge is 0.317 e. The van der Waals surface area contributed by atoms with Gasteiger partial charge >= 0.3 is 6.18 Å². The lowest BCUT2D eigenvalue weighted by Crippen LogP contribution is -2.29. The highest BCUT2D eigenvalue weighted by Crippen LogP contribution is 2.37. The zero-order valence-corrected chi connectivity index (χ0v) is 20.1. The van der Waals surface area contributed by atoms with Gasteiger partial charge in [-0.3, -0.25) is 9.67 Å². The molecule has 1 N–H and O–H groups in total. The topological polar surface area (TPSA) is 68.5 Å². The highest BCUT2D eigenvalue weighted by molar-refractivity contribution is 5.95. The van der Waals surface area contributed by atoms with Crippen LogP contribution in [-0.2, 0) is 6.18 Å². The number of alkyl halides is 3. The lowest BCUT2D eigenvalue weighted by atomic mass is 9.98. The molecule has 6 rings (SSSR count). The van der Waals surface area contributed by atoms with Crippen LogP contribution in [0.15, 0.2) is 73.4 Å². The second kappa shape index (κ2) is 9.60. The molecule has 1 saturated heterocycles. The minimum atomic E-state index is -4.61. The molecule has 0 atom stereocenters. The van der Waals surface area contributed by atoms with Crippen molar-refractivity contribution in [1.29, 1.82) is 0 Å². The molecule has 0 amide bonds. The van der Waals surface area contributed by atoms with Crippen LogP contribution in [0.5, 0.6) is 0 Å². The summed E-state index contributed by atoms with van der Waals surface area (Å²) in [5.74, 6) is -0.802. The van der Waals surface area contributed by atoms with Gasteiger partial charge in [0.15, 0.2) is 5.65 Å². The number of aromatic nitrogens is 5. The SMILES string of the molecule is Fc1ccc(C(F)(F)F)cc1-c1cc(-c2cncc(-c3cnn(C4CCNCC4)c3)c2)c2cccnc2n1. The molecule has 192 valence electrons. The van der Waals surface area contributed by atoms with Crippen molar-refractivity contribution in [2.45, 2.75) is 25.1 Å². The summed E-state index contributed by atoms with van der Waals surface area (Å²) >= 11 is 0. The second-order valence-electron chi connectivity index (χ2n) is 9.27. The molecule has 0 bridgehead atoms. The standard InChI is InChI=1S/C28H22F4N6/c29-25-4-3-20(28(30,31)32)11-24(25)26-12-23(22-2-1-7-35-27(22)37-26)18-10-17(13-34-14-18)19-15-36-38(16-19)21-5-8-33-9-6-21/h1-4,7,10-16,21,33H,5-6,8-9H2. The first-order valence-corrected chi connectivity index (χ1v) is 12.2. The van der Waals surface area contributed by atoms with E-state index in [1.165, 1.54) is 6.20 Å². The monoisotopic (exact) mass is 518 g/mol. The van der Waals surface area contributed by atoms with Crippen LogP contribution < -0.4 is 5.32 Å². The van der Waals surface area contributed by atoms with Crippen LogP contribution in [0, 0.1) is 5.82 Å². The molecule has 1 fully saturated rings. The van der Waals surface area contributed by atoms with Crippen molar-refractivity contribution in [2.24, 2.45) is 0 Å². The number of nitrogens with one attached hydrogen (secondary N) is 1. The molecular formula is C28H22F4N6. The summed E-state index contributed by atoms with van der Waals surface area (Å²) in [6.45, 7) is 1.91. The Kier molecular flexibility index (Phi) is 6.11. The van der Waals surface area contributed by atoms with Gasteiger partial charge in [0, 0.05) is 52.4 Å². The molecular weight excluding hydrogens is 496 g/mol. The molecule has 6 nitrogen and oxygen atoms in total. The van der Waals surface area contributed by atoms with Crippen LogP contribution in [0.25, 0.3) is 44.5 Å². The summed E-state index contributed by atoms with van der Waals surface area (Å²) in [5.41, 5.74) is 2.22. The Bertz CT molecular complexity index is 1620. The molecule has 0 radical (unpaired) electrons. The van der Waals surface area contributed by atoms with Crippen LogP contribution >= 0.6 is 0 Å². The van der Waals surface area contributed by atoms with Crippen LogP contribution in [0.4, 0.5) is 17.6 Å². The molecule has 5 aromatic rings. The summed E-state index contributed by atoms with van der Waals surface area (Å²) in [6.07, 6.45) is 6.14. The van der Waals surface area contributed by atoms with Gasteiger partial charge in [0.2, 0.25) is 0 Å². The van der Waals surface area contributed by atoms with Crippen LogP contribution in [-0.4, -0.2) is 37.8 Å². The van der Waals surface area contributed by atoms with Gasteiger partial charge in [-0.15, -0.1) is 0 Å². The lowest BCUT2D eigenvalue weighted by molar-refractivity contribution is -0.137. The third-order valence-electron chi connectivity index (χ3n) is 6.82. The highest BCUT2D eigenvalue weighted by Gasteiger charge is 2.31. The Morgan fingerprint density at radius 3 is 2.53 bits per heavy atom. The Morgan fingerprint density at radius 2 is 1.71 bits per heavy atom. The van der Waals surface area contributed by atoms with E-state index < -0.39 is 17.6 Å². The third-order valence-corrected chi connectivity index (χ3v) is 6.82. The average molecular weight is 519 g/mol. The van der Waals surface area contributed by atoms with Crippen molar-refractivity contribution in [2.75, 3.05) is 13.1 Å². The van der Waals surface area contributed by atoms with Gasteiger partial charge in [-0.25, -0.2) is 14.4 Å². The number of hydrogen-bond acceptors (Lipinski definition) is 5. The molecule has 38 heavy (non-hydrogen) atoms. The maximum absolute atomic E-state index is 14.8. The van der Waals surface area contributed by atoms with Crippen molar-refractivity contribution >= 4 is 11.0 Å². The number of halogens is 4. The number of benzene rings is 1. The molecule has 10 heteroatoms. The predicted octanol–water partition coefficient (Wildman–Crippen LogP) is 6.30. The fraction of sp³-hybridized carbons (Fsp3) is 0.214. The molecule has 4 aromatic heterocycles. The van der Waals surface area contributed by atoms with E-state index in [1.807, 2.05) is 23.0 Å². The van der Waals surface area contributed by atoms with E-state index in [4.69, 9.17) is 0 Å². The van der Waals surface area contributed by atoms with Gasteiger partial charge < -0.3 is 5.32 Å². The molecule has 0 saturated carbocycles. The fourth-order valence-electron chi connectivity index (χ4n) is 4.83. The first kappa shape index (κ1) is 24.2. The summed E-state index contributed by atoms with van der Waals surface area (Å²) in [4.78, 5) is 13.1. The molecule has 0 aliphatic carbocycles. The number of rotatable bonds is 4. The van der Waals surface area contributed by atoms with Gasteiger partial charge in [-0.05, 0) is 74.0 Å². The minimum Gasteiger partial charge on any atom is -0.317 e. The summed E-state index contributed by atoms with van der Waals surface area (Å²) in [5, 5.41) is 8.59. The Hall–Kier alpha value is -4.18. The third kappa shape index (κ3) is 4.63. The summed E-state index contributed by atoms with van der Waals surface area (Å²) in [7, 11) is 0. The normalized spacial score (nSPS) is 14.7. The largest absolute Gasteiger partial charge is 0.416 e. The zero-order chi connectivity index (χ0) is 26.3. The number of hydrogen-bond donors (Lipinski definition) is 1. The van der Waals surface area contributed by atoms with E-state index in [0.717, 1.165) is 55.3 Å². The highest BCUT2D eigenvalue weighted by atomic mass is 19.4.